The summed E-state index contributed by atoms with van der Waals surface area (Å²) in [5.74, 6) is 2.86. The van der Waals surface area contributed by atoms with Gasteiger partial charge in [-0.15, -0.1) is 41.3 Å². The smallest absolute Gasteiger partial charge is 0.509 e. The Morgan fingerprint density at radius 1 is 0.717 bits per heavy atom. The molecule has 3 aromatic heterocycles. The first-order chi connectivity index (χ1) is 24.6. The number of aromatic nitrogens is 4. The van der Waals surface area contributed by atoms with Crippen molar-refractivity contribution in [1.82, 2.24) is 19.3 Å². The fraction of sp³-hybridized carbons (Fsp3) is 0.319. The summed E-state index contributed by atoms with van der Waals surface area (Å²) in [4.78, 5) is 4.84. The summed E-state index contributed by atoms with van der Waals surface area (Å²) in [6.07, 6.45) is 6.03. The standard InChI is InChI=1S/C47H50N4O.Pt/c1-29(2)40-20-31(5)21-41(30(3)4)45(40)32-27-49-50(28-32)35-22-34(47(9,10)11)23-37(25-35)52-36-16-17-39-38-14-12-13-15-42(38)51(43(39)26-36)44-24-33(18-19-48-44)46(6,7)8;/h12-24,27-30H,1-11H3;/q-2;+2. The second-order valence-corrected chi connectivity index (χ2v) is 16.9. The molecular weight excluding hydrogens is 832 g/mol. The number of nitrogens with zero attached hydrogens (tertiary/aromatic N) is 4. The van der Waals surface area contributed by atoms with Gasteiger partial charge >= 0.3 is 21.1 Å². The van der Waals surface area contributed by atoms with E-state index in [0.29, 0.717) is 23.3 Å². The molecule has 53 heavy (non-hydrogen) atoms. The van der Waals surface area contributed by atoms with Crippen LogP contribution in [0, 0.1) is 19.1 Å². The van der Waals surface area contributed by atoms with E-state index in [1.807, 2.05) is 23.1 Å². The predicted octanol–water partition coefficient (Wildman–Crippen LogP) is 12.6. The minimum atomic E-state index is -0.131. The number of aryl methyl sites for hydroxylation is 1. The summed E-state index contributed by atoms with van der Waals surface area (Å²) in [6.45, 7) is 24.6. The first-order valence-corrected chi connectivity index (χ1v) is 18.5. The van der Waals surface area contributed by atoms with Crippen molar-refractivity contribution in [2.24, 2.45) is 0 Å². The summed E-state index contributed by atoms with van der Waals surface area (Å²) >= 11 is 0. The van der Waals surface area contributed by atoms with Crippen molar-refractivity contribution in [3.63, 3.8) is 0 Å². The van der Waals surface area contributed by atoms with E-state index >= 15 is 0 Å². The summed E-state index contributed by atoms with van der Waals surface area (Å²) in [6, 6.07) is 33.0. The molecule has 0 saturated carbocycles. The summed E-state index contributed by atoms with van der Waals surface area (Å²) in [7, 11) is 0. The Labute approximate surface area is 329 Å². The second kappa shape index (κ2) is 14.4. The molecule has 0 atom stereocenters. The van der Waals surface area contributed by atoms with Gasteiger partial charge in [0.05, 0.1) is 6.20 Å². The van der Waals surface area contributed by atoms with Crippen LogP contribution in [0.15, 0.2) is 91.4 Å². The largest absolute Gasteiger partial charge is 2.00 e. The molecule has 0 aliphatic heterocycles. The molecule has 0 bridgehead atoms. The molecule has 274 valence electrons. The fourth-order valence-electron chi connectivity index (χ4n) is 7.11. The number of hydrogen-bond donors (Lipinski definition) is 0. The minimum Gasteiger partial charge on any atom is -0.509 e. The van der Waals surface area contributed by atoms with Crippen LogP contribution in [0.25, 0.3) is 44.4 Å². The molecule has 7 aromatic rings. The first kappa shape index (κ1) is 38.3. The maximum absolute atomic E-state index is 6.67. The van der Waals surface area contributed by atoms with Crippen molar-refractivity contribution in [1.29, 1.82) is 0 Å². The third kappa shape index (κ3) is 7.51. The minimum absolute atomic E-state index is 0. The van der Waals surface area contributed by atoms with E-state index in [-0.39, 0.29) is 31.9 Å². The average Bonchev–Trinajstić information content (AvgIpc) is 3.70. The van der Waals surface area contributed by atoms with Gasteiger partial charge in [0.1, 0.15) is 5.82 Å². The van der Waals surface area contributed by atoms with Gasteiger partial charge < -0.3 is 9.30 Å². The molecule has 4 aromatic carbocycles. The van der Waals surface area contributed by atoms with Gasteiger partial charge in [0.25, 0.3) is 0 Å². The van der Waals surface area contributed by atoms with Gasteiger partial charge in [-0.2, -0.15) is 11.2 Å². The number of para-hydroxylation sites is 1. The van der Waals surface area contributed by atoms with Crippen LogP contribution >= 0.6 is 0 Å². The van der Waals surface area contributed by atoms with Crippen molar-refractivity contribution in [2.75, 3.05) is 0 Å². The summed E-state index contributed by atoms with van der Waals surface area (Å²) in [5, 5.41) is 7.15. The molecule has 0 N–H and O–H groups in total. The van der Waals surface area contributed by atoms with Gasteiger partial charge in [-0.05, 0) is 81.1 Å². The zero-order valence-corrected chi connectivity index (χ0v) is 35.1. The van der Waals surface area contributed by atoms with Crippen LogP contribution in [0.5, 0.6) is 11.5 Å². The Morgan fingerprint density at radius 3 is 2.06 bits per heavy atom. The number of benzene rings is 4. The monoisotopic (exact) mass is 881 g/mol. The molecule has 0 spiro atoms. The van der Waals surface area contributed by atoms with Crippen molar-refractivity contribution in [3.8, 4) is 34.1 Å². The zero-order valence-electron chi connectivity index (χ0n) is 32.8. The predicted molar refractivity (Wildman–Crippen MR) is 216 cm³/mol. The van der Waals surface area contributed by atoms with Gasteiger partial charge in [0.2, 0.25) is 0 Å². The molecule has 7 rings (SSSR count). The molecule has 3 heterocycles. The molecular formula is C47H50N4OPt. The Morgan fingerprint density at radius 2 is 1.40 bits per heavy atom. The summed E-state index contributed by atoms with van der Waals surface area (Å²) in [5.41, 5.74) is 11.4. The molecule has 0 amide bonds. The molecule has 0 saturated heterocycles. The third-order valence-corrected chi connectivity index (χ3v) is 10.0. The SMILES string of the molecule is Cc1cc(C(C)C)c(-c2cnn(-c3[c-]c(Oc4[c-]c5c(cc4)c4ccccc4n5-c4cc(C(C)(C)C)ccn4)cc(C(C)(C)C)c3)c2)c(C(C)C)c1.[Pt+2]. The topological polar surface area (TPSA) is 44.9 Å². The third-order valence-electron chi connectivity index (χ3n) is 10.0. The van der Waals surface area contributed by atoms with Crippen molar-refractivity contribution in [2.45, 2.75) is 98.8 Å². The molecule has 5 nitrogen and oxygen atoms in total. The molecule has 0 aliphatic rings. The van der Waals surface area contributed by atoms with Crippen LogP contribution in [-0.4, -0.2) is 19.3 Å². The number of pyridine rings is 1. The zero-order chi connectivity index (χ0) is 37.1. The van der Waals surface area contributed by atoms with E-state index in [1.54, 1.807) is 0 Å². The van der Waals surface area contributed by atoms with Crippen molar-refractivity contribution < 1.29 is 25.8 Å². The van der Waals surface area contributed by atoms with Crippen LogP contribution in [0.1, 0.15) is 109 Å². The van der Waals surface area contributed by atoms with E-state index in [9.17, 15) is 0 Å². The van der Waals surface area contributed by atoms with Crippen LogP contribution in [0.4, 0.5) is 0 Å². The average molecular weight is 882 g/mol. The Balaban J connectivity index is 0.00000481. The van der Waals surface area contributed by atoms with Crippen LogP contribution < -0.4 is 4.74 Å². The van der Waals surface area contributed by atoms with E-state index in [2.05, 4.69) is 166 Å². The van der Waals surface area contributed by atoms with Crippen LogP contribution in [0.2, 0.25) is 0 Å². The Bertz CT molecular complexity index is 2410. The van der Waals surface area contributed by atoms with Crippen LogP contribution in [-0.2, 0) is 31.9 Å². The van der Waals surface area contributed by atoms with Gasteiger partial charge in [0, 0.05) is 35.0 Å². The maximum Gasteiger partial charge on any atom is 2.00 e. The number of ether oxygens (including phenoxy) is 1. The normalized spacial score (nSPS) is 12.2. The second-order valence-electron chi connectivity index (χ2n) is 16.9. The molecule has 0 radical (unpaired) electrons. The van der Waals surface area contributed by atoms with Crippen molar-refractivity contribution >= 4 is 21.8 Å². The number of rotatable bonds is 7. The van der Waals surface area contributed by atoms with Gasteiger partial charge in [-0.25, -0.2) is 4.98 Å². The molecule has 0 unspecified atom stereocenters. The molecule has 0 fully saturated rings. The number of hydrogen-bond acceptors (Lipinski definition) is 3. The van der Waals surface area contributed by atoms with E-state index in [1.165, 1.54) is 27.8 Å². The molecule has 6 heteroatoms. The summed E-state index contributed by atoms with van der Waals surface area (Å²) < 4.78 is 10.8. The van der Waals surface area contributed by atoms with E-state index < -0.39 is 0 Å². The van der Waals surface area contributed by atoms with E-state index in [4.69, 9.17) is 14.8 Å². The Hall–Kier alpha value is -4.47. The quantitative estimate of drug-likeness (QED) is 0.150. The van der Waals surface area contributed by atoms with Crippen LogP contribution in [0.3, 0.4) is 0 Å². The van der Waals surface area contributed by atoms with Gasteiger partial charge in [0.15, 0.2) is 0 Å². The van der Waals surface area contributed by atoms with Crippen molar-refractivity contribution in [3.05, 3.63) is 131 Å². The Kier molecular flexibility index (Phi) is 10.4. The van der Waals surface area contributed by atoms with E-state index in [0.717, 1.165) is 44.4 Å². The number of fused-ring (bicyclic) bond motifs is 3. The first-order valence-electron chi connectivity index (χ1n) is 18.5. The molecule has 0 aliphatic carbocycles. The maximum atomic E-state index is 6.67. The van der Waals surface area contributed by atoms with Gasteiger partial charge in [-0.1, -0.05) is 111 Å². The van der Waals surface area contributed by atoms with Gasteiger partial charge in [-0.3, -0.25) is 4.68 Å². The fourth-order valence-corrected chi connectivity index (χ4v) is 7.11.